The van der Waals surface area contributed by atoms with Crippen molar-refractivity contribution in [3.05, 3.63) is 65.1 Å². The summed E-state index contributed by atoms with van der Waals surface area (Å²) in [7, 11) is 2.07. The van der Waals surface area contributed by atoms with Gasteiger partial charge in [-0.1, -0.05) is 18.2 Å². The molecule has 2 aliphatic heterocycles. The Balaban J connectivity index is 1.34. The van der Waals surface area contributed by atoms with Crippen molar-refractivity contribution in [3.8, 4) is 0 Å². The quantitative estimate of drug-likeness (QED) is 0.460. The number of anilines is 1. The second kappa shape index (κ2) is 9.97. The van der Waals surface area contributed by atoms with E-state index in [1.165, 1.54) is 17.8 Å². The van der Waals surface area contributed by atoms with E-state index < -0.39 is 11.1 Å². The van der Waals surface area contributed by atoms with Crippen LogP contribution >= 0.6 is 0 Å². The van der Waals surface area contributed by atoms with E-state index in [0.717, 1.165) is 53.6 Å². The summed E-state index contributed by atoms with van der Waals surface area (Å²) < 4.78 is 21.1. The van der Waals surface area contributed by atoms with Crippen molar-refractivity contribution in [3.63, 3.8) is 0 Å². The fourth-order valence-corrected chi connectivity index (χ4v) is 6.01. The highest BCUT2D eigenvalue weighted by Crippen LogP contribution is 2.42. The maximum Gasteiger partial charge on any atom is 0.411 e. The van der Waals surface area contributed by atoms with Crippen LogP contribution < -0.4 is 4.90 Å². The number of carbonyl (C=O) groups excluding carboxylic acids is 2. The molecule has 3 heterocycles. The lowest BCUT2D eigenvalue weighted by Crippen LogP contribution is -2.51. The summed E-state index contributed by atoms with van der Waals surface area (Å²) >= 11 is 0. The van der Waals surface area contributed by atoms with Crippen molar-refractivity contribution in [1.29, 1.82) is 0 Å². The first-order valence-electron chi connectivity index (χ1n) is 13.7. The smallest absolute Gasteiger partial charge is 0.411 e. The average molecular weight is 535 g/mol. The second-order valence-electron chi connectivity index (χ2n) is 12.2. The second-order valence-corrected chi connectivity index (χ2v) is 12.2. The van der Waals surface area contributed by atoms with Crippen LogP contribution in [0.5, 0.6) is 0 Å². The van der Waals surface area contributed by atoms with Crippen LogP contribution in [0.3, 0.4) is 0 Å². The third-order valence-corrected chi connectivity index (χ3v) is 8.02. The van der Waals surface area contributed by atoms with E-state index >= 15 is 0 Å². The number of hydrogen-bond acceptors (Lipinski definition) is 4. The highest BCUT2D eigenvalue weighted by Gasteiger charge is 2.42. The average Bonchev–Trinajstić information content (AvgIpc) is 3.15. The Morgan fingerprint density at radius 3 is 2.44 bits per heavy atom. The number of amides is 2. The fraction of sp³-hybridized carbons (Fsp3) is 0.484. The van der Waals surface area contributed by atoms with Crippen LogP contribution in [0, 0.1) is 5.82 Å². The van der Waals surface area contributed by atoms with Crippen LogP contribution in [0.1, 0.15) is 51.4 Å². The lowest BCUT2D eigenvalue weighted by atomic mass is 9.85. The third kappa shape index (κ3) is 5.26. The van der Waals surface area contributed by atoms with Crippen molar-refractivity contribution >= 4 is 28.6 Å². The maximum absolute atomic E-state index is 13.2. The number of rotatable bonds is 4. The van der Waals surface area contributed by atoms with Crippen LogP contribution in [0.2, 0.25) is 0 Å². The summed E-state index contributed by atoms with van der Waals surface area (Å²) in [4.78, 5) is 32.1. The van der Waals surface area contributed by atoms with Gasteiger partial charge in [0.1, 0.15) is 11.4 Å². The van der Waals surface area contributed by atoms with Crippen molar-refractivity contribution < 1.29 is 18.7 Å². The zero-order chi connectivity index (χ0) is 28.1. The van der Waals surface area contributed by atoms with E-state index in [1.807, 2.05) is 36.6 Å². The summed E-state index contributed by atoms with van der Waals surface area (Å²) in [5.74, 6) is -0.155. The topological polar surface area (TPSA) is 58.0 Å². The number of carbonyl (C=O) groups is 2. The van der Waals surface area contributed by atoms with Gasteiger partial charge in [0, 0.05) is 62.0 Å². The van der Waals surface area contributed by atoms with Crippen LogP contribution in [0.15, 0.2) is 42.5 Å². The van der Waals surface area contributed by atoms with E-state index in [0.29, 0.717) is 19.6 Å². The van der Waals surface area contributed by atoms with Crippen LogP contribution in [0.4, 0.5) is 14.9 Å². The molecule has 2 aliphatic rings. The zero-order valence-corrected chi connectivity index (χ0v) is 23.9. The molecule has 0 bridgehead atoms. The normalized spacial score (nSPS) is 18.0. The van der Waals surface area contributed by atoms with Gasteiger partial charge in [0.25, 0.3) is 0 Å². The number of aromatic nitrogens is 1. The van der Waals surface area contributed by atoms with E-state index in [1.54, 1.807) is 12.1 Å². The molecular weight excluding hydrogens is 495 g/mol. The molecule has 0 saturated carbocycles. The van der Waals surface area contributed by atoms with Crippen molar-refractivity contribution in [1.82, 2.24) is 14.4 Å². The molecule has 0 atom stereocenters. The van der Waals surface area contributed by atoms with Gasteiger partial charge in [0.2, 0.25) is 5.91 Å². The molecule has 0 unspecified atom stereocenters. The molecular formula is C31H39FN4O3. The molecule has 3 aromatic rings. The molecule has 8 heteroatoms. The maximum atomic E-state index is 13.2. The van der Waals surface area contributed by atoms with Gasteiger partial charge in [-0.3, -0.25) is 14.6 Å². The standard InChI is InChI=1S/C31H39FN4O3/c1-30(2,3)39-29(38)36-16-14-25-28(31(36,4)5)24-12-11-23(19-26(24)33(25)6)35-18-17-34(20-27(35)37)15-13-21-7-9-22(32)10-8-21/h7-12,19H,13-18,20H2,1-6H3. The largest absolute Gasteiger partial charge is 0.444 e. The number of halogens is 1. The number of fused-ring (bicyclic) bond motifs is 3. The number of ether oxygens (including phenoxy) is 1. The lowest BCUT2D eigenvalue weighted by Gasteiger charge is -2.43. The SMILES string of the molecule is Cn1c2c(c3ccc(N4CCN(CCc5ccc(F)cc5)CC4=O)cc31)C(C)(C)N(C(=O)OC(C)(C)C)CC2. The molecule has 1 saturated heterocycles. The van der Waals surface area contributed by atoms with Gasteiger partial charge in [0.15, 0.2) is 0 Å². The molecule has 0 radical (unpaired) electrons. The lowest BCUT2D eigenvalue weighted by molar-refractivity contribution is -0.121. The predicted octanol–water partition coefficient (Wildman–Crippen LogP) is 5.24. The van der Waals surface area contributed by atoms with Gasteiger partial charge < -0.3 is 14.2 Å². The first-order chi connectivity index (χ1) is 18.3. The van der Waals surface area contributed by atoms with E-state index in [-0.39, 0.29) is 17.8 Å². The molecule has 0 aliphatic carbocycles. The van der Waals surface area contributed by atoms with Crippen LogP contribution in [-0.2, 0) is 35.0 Å². The van der Waals surface area contributed by atoms with Gasteiger partial charge in [-0.15, -0.1) is 0 Å². The van der Waals surface area contributed by atoms with Crippen LogP contribution in [0.25, 0.3) is 10.9 Å². The molecule has 0 N–H and O–H groups in total. The first-order valence-corrected chi connectivity index (χ1v) is 13.7. The van der Waals surface area contributed by atoms with Gasteiger partial charge in [-0.25, -0.2) is 9.18 Å². The van der Waals surface area contributed by atoms with Crippen molar-refractivity contribution in [2.75, 3.05) is 37.6 Å². The molecule has 7 nitrogen and oxygen atoms in total. The van der Waals surface area contributed by atoms with Crippen LogP contribution in [-0.4, -0.2) is 64.7 Å². The molecule has 1 aromatic heterocycles. The molecule has 0 spiro atoms. The summed E-state index contributed by atoms with van der Waals surface area (Å²) in [5, 5.41) is 1.10. The highest BCUT2D eigenvalue weighted by molar-refractivity contribution is 5.98. The highest BCUT2D eigenvalue weighted by atomic mass is 19.1. The minimum atomic E-state index is -0.557. The van der Waals surface area contributed by atoms with Gasteiger partial charge >= 0.3 is 6.09 Å². The van der Waals surface area contributed by atoms with Crippen molar-refractivity contribution in [2.45, 2.75) is 58.6 Å². The number of benzene rings is 2. The molecule has 1 fully saturated rings. The van der Waals surface area contributed by atoms with E-state index in [9.17, 15) is 14.0 Å². The van der Waals surface area contributed by atoms with Crippen molar-refractivity contribution in [2.24, 2.45) is 7.05 Å². The van der Waals surface area contributed by atoms with E-state index in [2.05, 4.69) is 42.5 Å². The predicted molar refractivity (Wildman–Crippen MR) is 151 cm³/mol. The summed E-state index contributed by atoms with van der Waals surface area (Å²) in [6, 6.07) is 12.8. The number of piperazine rings is 1. The molecule has 5 rings (SSSR count). The summed E-state index contributed by atoms with van der Waals surface area (Å²) in [6.45, 7) is 12.9. The Kier molecular flexibility index (Phi) is 6.95. The number of nitrogens with zero attached hydrogens (tertiary/aromatic N) is 4. The molecule has 2 amide bonds. The zero-order valence-electron chi connectivity index (χ0n) is 23.9. The Bertz CT molecular complexity index is 1400. The summed E-state index contributed by atoms with van der Waals surface area (Å²) in [6.07, 6.45) is 1.23. The summed E-state index contributed by atoms with van der Waals surface area (Å²) in [5.41, 5.74) is 4.28. The first kappa shape index (κ1) is 27.2. The van der Waals surface area contributed by atoms with Gasteiger partial charge in [-0.05, 0) is 70.9 Å². The third-order valence-electron chi connectivity index (χ3n) is 8.02. The Morgan fingerprint density at radius 1 is 1.05 bits per heavy atom. The Morgan fingerprint density at radius 2 is 1.77 bits per heavy atom. The fourth-order valence-electron chi connectivity index (χ4n) is 6.01. The number of aryl methyl sites for hydroxylation is 1. The minimum Gasteiger partial charge on any atom is -0.444 e. The molecule has 39 heavy (non-hydrogen) atoms. The monoisotopic (exact) mass is 534 g/mol. The Hall–Kier alpha value is -3.39. The van der Waals surface area contributed by atoms with E-state index in [4.69, 9.17) is 4.74 Å². The Labute approximate surface area is 230 Å². The molecule has 208 valence electrons. The number of hydrogen-bond donors (Lipinski definition) is 0. The van der Waals surface area contributed by atoms with Gasteiger partial charge in [0.05, 0.1) is 17.6 Å². The minimum absolute atomic E-state index is 0.0788. The van der Waals surface area contributed by atoms with Gasteiger partial charge in [-0.2, -0.15) is 0 Å². The molecule has 2 aromatic carbocycles.